The summed E-state index contributed by atoms with van der Waals surface area (Å²) in [6.07, 6.45) is 1.72. The Labute approximate surface area is 122 Å². The van der Waals surface area contributed by atoms with Gasteiger partial charge in [-0.25, -0.2) is 5.84 Å². The van der Waals surface area contributed by atoms with E-state index in [-0.39, 0.29) is 11.5 Å². The molecule has 1 aromatic carbocycles. The molecule has 0 aliphatic carbocycles. The third-order valence-electron chi connectivity index (χ3n) is 3.04. The van der Waals surface area contributed by atoms with Crippen molar-refractivity contribution in [1.82, 2.24) is 9.99 Å². The summed E-state index contributed by atoms with van der Waals surface area (Å²) in [7, 11) is 0. The van der Waals surface area contributed by atoms with Gasteiger partial charge >= 0.3 is 0 Å². The van der Waals surface area contributed by atoms with Crippen LogP contribution in [-0.4, -0.2) is 17.1 Å². The molecular weight excluding hydrogens is 270 g/mol. The number of nitrogen functional groups attached to an aromatic ring is 1. The van der Waals surface area contributed by atoms with E-state index in [9.17, 15) is 9.59 Å². The summed E-state index contributed by atoms with van der Waals surface area (Å²) in [5.41, 5.74) is 3.15. The molecule has 1 heterocycles. The number of carbonyl (C=O) groups is 1. The summed E-state index contributed by atoms with van der Waals surface area (Å²) in [5.74, 6) is 5.26. The number of nitrogens with zero attached hydrogens (tertiary/aromatic N) is 1. The lowest BCUT2D eigenvalue weighted by molar-refractivity contribution is 0.0953. The van der Waals surface area contributed by atoms with Gasteiger partial charge in [-0.3, -0.25) is 15.0 Å². The van der Waals surface area contributed by atoms with E-state index in [2.05, 4.69) is 5.43 Å². The van der Waals surface area contributed by atoms with Crippen LogP contribution < -0.4 is 21.6 Å². The van der Waals surface area contributed by atoms with Crippen molar-refractivity contribution in [3.05, 3.63) is 64.1 Å². The predicted octanol–water partition coefficient (Wildman–Crippen LogP) is 0.839. The Hall–Kier alpha value is -2.60. The molecular formula is C15H17N3O3. The highest BCUT2D eigenvalue weighted by Gasteiger charge is 2.05. The number of carbonyl (C=O) groups excluding carboxylic acids is 1. The Kier molecular flexibility index (Phi) is 4.73. The number of hydrazine groups is 1. The zero-order chi connectivity index (χ0) is 15.2. The summed E-state index contributed by atoms with van der Waals surface area (Å²) >= 11 is 0. The molecule has 0 aliphatic heterocycles. The van der Waals surface area contributed by atoms with Crippen molar-refractivity contribution >= 4 is 5.91 Å². The van der Waals surface area contributed by atoms with Gasteiger partial charge in [0.2, 0.25) is 0 Å². The van der Waals surface area contributed by atoms with Crippen LogP contribution in [0.15, 0.2) is 47.4 Å². The number of hydrogen-bond acceptors (Lipinski definition) is 4. The van der Waals surface area contributed by atoms with Crippen LogP contribution in [-0.2, 0) is 6.54 Å². The normalized spacial score (nSPS) is 10.2. The lowest BCUT2D eigenvalue weighted by atomic mass is 10.2. The highest BCUT2D eigenvalue weighted by Crippen LogP contribution is 2.13. The standard InChI is InChI=1S/C15H17N3O3/c1-11-4-3-7-18(15(11)20)8-9-21-13-6-2-5-12(10-13)14(19)17-16/h2-7,10H,8-9,16H2,1H3,(H,17,19). The molecule has 2 aromatic rings. The first-order chi connectivity index (χ1) is 10.1. The van der Waals surface area contributed by atoms with Crippen LogP contribution in [0.5, 0.6) is 5.75 Å². The van der Waals surface area contributed by atoms with Crippen molar-refractivity contribution in [2.24, 2.45) is 5.84 Å². The van der Waals surface area contributed by atoms with Crippen LogP contribution in [0.4, 0.5) is 0 Å². The summed E-state index contributed by atoms with van der Waals surface area (Å²) in [6, 6.07) is 10.3. The van der Waals surface area contributed by atoms with Crippen LogP contribution in [0.25, 0.3) is 0 Å². The Balaban J connectivity index is 1.99. The van der Waals surface area contributed by atoms with E-state index in [0.29, 0.717) is 30.0 Å². The van der Waals surface area contributed by atoms with Crippen LogP contribution >= 0.6 is 0 Å². The molecule has 21 heavy (non-hydrogen) atoms. The van der Waals surface area contributed by atoms with Gasteiger partial charge in [0.15, 0.2) is 0 Å². The Morgan fingerprint density at radius 2 is 2.14 bits per heavy atom. The highest BCUT2D eigenvalue weighted by atomic mass is 16.5. The predicted molar refractivity (Wildman–Crippen MR) is 79.0 cm³/mol. The van der Waals surface area contributed by atoms with Gasteiger partial charge in [0.1, 0.15) is 12.4 Å². The Morgan fingerprint density at radius 1 is 1.33 bits per heavy atom. The summed E-state index contributed by atoms with van der Waals surface area (Å²) in [5, 5.41) is 0. The number of rotatable bonds is 5. The number of aromatic nitrogens is 1. The van der Waals surface area contributed by atoms with Gasteiger partial charge in [0.25, 0.3) is 11.5 Å². The number of ether oxygens (including phenoxy) is 1. The molecule has 1 amide bonds. The van der Waals surface area contributed by atoms with Gasteiger partial charge in [-0.05, 0) is 31.2 Å². The second-order valence-corrected chi connectivity index (χ2v) is 4.54. The number of benzene rings is 1. The molecule has 0 saturated heterocycles. The van der Waals surface area contributed by atoms with E-state index < -0.39 is 0 Å². The van der Waals surface area contributed by atoms with E-state index in [1.807, 2.05) is 6.07 Å². The SMILES string of the molecule is Cc1cccn(CCOc2cccc(C(=O)NN)c2)c1=O. The van der Waals surface area contributed by atoms with Crippen molar-refractivity contribution < 1.29 is 9.53 Å². The summed E-state index contributed by atoms with van der Waals surface area (Å²) in [4.78, 5) is 23.2. The van der Waals surface area contributed by atoms with Gasteiger partial charge in [-0.1, -0.05) is 12.1 Å². The van der Waals surface area contributed by atoms with E-state index in [1.165, 1.54) is 0 Å². The molecule has 2 rings (SSSR count). The largest absolute Gasteiger partial charge is 0.492 e. The summed E-state index contributed by atoms with van der Waals surface area (Å²) in [6.45, 7) is 2.54. The van der Waals surface area contributed by atoms with Crippen molar-refractivity contribution in [2.75, 3.05) is 6.61 Å². The second kappa shape index (κ2) is 6.71. The van der Waals surface area contributed by atoms with E-state index in [0.717, 1.165) is 0 Å². The van der Waals surface area contributed by atoms with Crippen LogP contribution in [0.1, 0.15) is 15.9 Å². The fraction of sp³-hybridized carbons (Fsp3) is 0.200. The number of pyridine rings is 1. The zero-order valence-electron chi connectivity index (χ0n) is 11.7. The quantitative estimate of drug-likeness (QED) is 0.485. The average molecular weight is 287 g/mol. The third-order valence-corrected chi connectivity index (χ3v) is 3.04. The fourth-order valence-electron chi connectivity index (χ4n) is 1.91. The van der Waals surface area contributed by atoms with Crippen molar-refractivity contribution in [3.63, 3.8) is 0 Å². The molecule has 6 heteroatoms. The average Bonchev–Trinajstić information content (AvgIpc) is 2.51. The maximum absolute atomic E-state index is 11.8. The van der Waals surface area contributed by atoms with E-state index in [1.54, 1.807) is 48.0 Å². The lowest BCUT2D eigenvalue weighted by Gasteiger charge is -2.09. The number of nitrogens with one attached hydrogen (secondary N) is 1. The van der Waals surface area contributed by atoms with Crippen LogP contribution in [0.2, 0.25) is 0 Å². The lowest BCUT2D eigenvalue weighted by Crippen LogP contribution is -2.29. The molecule has 0 bridgehead atoms. The minimum absolute atomic E-state index is 0.0302. The first-order valence-electron chi connectivity index (χ1n) is 6.51. The van der Waals surface area contributed by atoms with Gasteiger partial charge < -0.3 is 9.30 Å². The molecule has 0 saturated carbocycles. The smallest absolute Gasteiger partial charge is 0.265 e. The molecule has 0 fully saturated rings. The Morgan fingerprint density at radius 3 is 2.90 bits per heavy atom. The molecule has 0 radical (unpaired) electrons. The summed E-state index contributed by atoms with van der Waals surface area (Å²) < 4.78 is 7.15. The van der Waals surface area contributed by atoms with Crippen LogP contribution in [0, 0.1) is 6.92 Å². The van der Waals surface area contributed by atoms with E-state index in [4.69, 9.17) is 10.6 Å². The number of hydrogen-bond donors (Lipinski definition) is 2. The molecule has 0 aliphatic rings. The van der Waals surface area contributed by atoms with Crippen LogP contribution in [0.3, 0.4) is 0 Å². The van der Waals surface area contributed by atoms with E-state index >= 15 is 0 Å². The topological polar surface area (TPSA) is 86.3 Å². The third kappa shape index (κ3) is 3.70. The number of amides is 1. The molecule has 0 atom stereocenters. The van der Waals surface area contributed by atoms with Crippen molar-refractivity contribution in [3.8, 4) is 5.75 Å². The molecule has 0 unspecified atom stereocenters. The van der Waals surface area contributed by atoms with Gasteiger partial charge in [0, 0.05) is 17.3 Å². The van der Waals surface area contributed by atoms with Gasteiger partial charge in [0.05, 0.1) is 6.54 Å². The number of nitrogens with two attached hydrogens (primary N) is 1. The highest BCUT2D eigenvalue weighted by molar-refractivity contribution is 5.94. The van der Waals surface area contributed by atoms with Gasteiger partial charge in [-0.2, -0.15) is 0 Å². The monoisotopic (exact) mass is 287 g/mol. The number of aryl methyl sites for hydroxylation is 1. The van der Waals surface area contributed by atoms with Gasteiger partial charge in [-0.15, -0.1) is 0 Å². The first-order valence-corrected chi connectivity index (χ1v) is 6.51. The van der Waals surface area contributed by atoms with Crippen molar-refractivity contribution in [2.45, 2.75) is 13.5 Å². The molecule has 110 valence electrons. The molecule has 6 nitrogen and oxygen atoms in total. The maximum Gasteiger partial charge on any atom is 0.265 e. The molecule has 3 N–H and O–H groups in total. The zero-order valence-corrected chi connectivity index (χ0v) is 11.7. The maximum atomic E-state index is 11.8. The minimum atomic E-state index is -0.379. The Bertz CT molecular complexity index is 695. The fourth-order valence-corrected chi connectivity index (χ4v) is 1.91. The second-order valence-electron chi connectivity index (χ2n) is 4.54. The first kappa shape index (κ1) is 14.8. The minimum Gasteiger partial charge on any atom is -0.492 e. The van der Waals surface area contributed by atoms with Crippen molar-refractivity contribution in [1.29, 1.82) is 0 Å². The molecule has 0 spiro atoms. The molecule has 1 aromatic heterocycles.